The van der Waals surface area contributed by atoms with Gasteiger partial charge in [0, 0.05) is 5.69 Å². The van der Waals surface area contributed by atoms with E-state index in [-0.39, 0.29) is 6.10 Å². The van der Waals surface area contributed by atoms with E-state index in [1.54, 1.807) is 19.1 Å². The number of halogens is 1. The van der Waals surface area contributed by atoms with Gasteiger partial charge in [0.25, 0.3) is 0 Å². The maximum atomic E-state index is 11.9. The van der Waals surface area contributed by atoms with Crippen molar-refractivity contribution < 1.29 is 14.3 Å². The Kier molecular flexibility index (Phi) is 4.53. The molecule has 4 nitrogen and oxygen atoms in total. The van der Waals surface area contributed by atoms with E-state index in [9.17, 15) is 4.79 Å². The van der Waals surface area contributed by atoms with Crippen LogP contribution >= 0.6 is 11.6 Å². The van der Waals surface area contributed by atoms with Crippen LogP contribution in [0.15, 0.2) is 12.1 Å². The van der Waals surface area contributed by atoms with Crippen LogP contribution in [0.2, 0.25) is 5.02 Å². The highest BCUT2D eigenvalue weighted by Gasteiger charge is 2.23. The first-order chi connectivity index (χ1) is 9.11. The largest absolute Gasteiger partial charge is 0.488 e. The number of nitrogens with two attached hydrogens (primary N) is 1. The van der Waals surface area contributed by atoms with Gasteiger partial charge in [-0.1, -0.05) is 11.6 Å². The topological polar surface area (TPSA) is 61.5 Å². The lowest BCUT2D eigenvalue weighted by atomic mass is 10.1. The number of hydrogen-bond acceptors (Lipinski definition) is 4. The molecule has 0 bridgehead atoms. The fourth-order valence-corrected chi connectivity index (χ4v) is 2.54. The standard InChI is InChI=1S/C14H18ClNO3/c1-2-18-14(17)11-7-9(16)8-12(15)13(11)19-10-5-3-4-6-10/h7-8,10H,2-6,16H2,1H3. The molecule has 19 heavy (non-hydrogen) atoms. The van der Waals surface area contributed by atoms with Gasteiger partial charge >= 0.3 is 5.97 Å². The smallest absolute Gasteiger partial charge is 0.342 e. The Bertz CT molecular complexity index is 470. The highest BCUT2D eigenvalue weighted by molar-refractivity contribution is 6.33. The summed E-state index contributed by atoms with van der Waals surface area (Å²) in [5, 5.41) is 0.356. The summed E-state index contributed by atoms with van der Waals surface area (Å²) in [6.45, 7) is 2.05. The first-order valence-electron chi connectivity index (χ1n) is 6.54. The van der Waals surface area contributed by atoms with Crippen molar-refractivity contribution in [2.24, 2.45) is 0 Å². The third-order valence-corrected chi connectivity index (χ3v) is 3.43. The Hall–Kier alpha value is -1.42. The van der Waals surface area contributed by atoms with Gasteiger partial charge < -0.3 is 15.2 Å². The minimum absolute atomic E-state index is 0.120. The molecule has 0 atom stereocenters. The minimum Gasteiger partial charge on any atom is -0.488 e. The minimum atomic E-state index is -0.454. The van der Waals surface area contributed by atoms with Crippen molar-refractivity contribution >= 4 is 23.3 Å². The Morgan fingerprint density at radius 2 is 2.11 bits per heavy atom. The van der Waals surface area contributed by atoms with Gasteiger partial charge in [-0.05, 0) is 44.7 Å². The predicted octanol–water partition coefficient (Wildman–Crippen LogP) is 3.42. The van der Waals surface area contributed by atoms with Crippen LogP contribution in [0.5, 0.6) is 5.75 Å². The molecule has 1 fully saturated rings. The Morgan fingerprint density at radius 1 is 1.42 bits per heavy atom. The molecule has 0 aliphatic heterocycles. The molecule has 0 unspecified atom stereocenters. The summed E-state index contributed by atoms with van der Waals surface area (Å²) in [6, 6.07) is 3.14. The van der Waals surface area contributed by atoms with Gasteiger partial charge in [-0.3, -0.25) is 0 Å². The Labute approximate surface area is 117 Å². The summed E-state index contributed by atoms with van der Waals surface area (Å²) in [7, 11) is 0. The summed E-state index contributed by atoms with van der Waals surface area (Å²) < 4.78 is 10.9. The molecule has 104 valence electrons. The van der Waals surface area contributed by atoms with Crippen LogP contribution in [-0.2, 0) is 4.74 Å². The van der Waals surface area contributed by atoms with Crippen LogP contribution in [0, 0.1) is 0 Å². The van der Waals surface area contributed by atoms with Crippen molar-refractivity contribution in [2.45, 2.75) is 38.7 Å². The van der Waals surface area contributed by atoms with Crippen molar-refractivity contribution in [3.8, 4) is 5.75 Å². The lowest BCUT2D eigenvalue weighted by Crippen LogP contribution is -2.15. The van der Waals surface area contributed by atoms with Gasteiger partial charge in [0.15, 0.2) is 5.75 Å². The van der Waals surface area contributed by atoms with E-state index in [0.717, 1.165) is 25.7 Å². The molecular weight excluding hydrogens is 266 g/mol. The highest BCUT2D eigenvalue weighted by atomic mass is 35.5. The summed E-state index contributed by atoms with van der Waals surface area (Å²) in [6.07, 6.45) is 4.39. The van der Waals surface area contributed by atoms with Crippen molar-refractivity contribution in [1.29, 1.82) is 0 Å². The number of ether oxygens (including phenoxy) is 2. The molecule has 2 N–H and O–H groups in total. The Balaban J connectivity index is 2.30. The van der Waals surface area contributed by atoms with E-state index in [1.807, 2.05) is 0 Å². The SMILES string of the molecule is CCOC(=O)c1cc(N)cc(Cl)c1OC1CCCC1. The molecule has 0 amide bonds. The van der Waals surface area contributed by atoms with Crippen LogP contribution in [0.4, 0.5) is 5.69 Å². The van der Waals surface area contributed by atoms with Crippen LogP contribution in [0.1, 0.15) is 43.0 Å². The number of hydrogen-bond donors (Lipinski definition) is 1. The lowest BCUT2D eigenvalue weighted by Gasteiger charge is -2.17. The van der Waals surface area contributed by atoms with Crippen LogP contribution in [0.3, 0.4) is 0 Å². The Morgan fingerprint density at radius 3 is 2.74 bits per heavy atom. The first-order valence-corrected chi connectivity index (χ1v) is 6.92. The lowest BCUT2D eigenvalue weighted by molar-refractivity contribution is 0.0519. The zero-order valence-corrected chi connectivity index (χ0v) is 11.7. The zero-order chi connectivity index (χ0) is 13.8. The average molecular weight is 284 g/mol. The monoisotopic (exact) mass is 283 g/mol. The third-order valence-electron chi connectivity index (χ3n) is 3.15. The molecule has 5 heteroatoms. The van der Waals surface area contributed by atoms with E-state index in [2.05, 4.69) is 0 Å². The van der Waals surface area contributed by atoms with Crippen molar-refractivity contribution in [2.75, 3.05) is 12.3 Å². The molecule has 1 aliphatic carbocycles. The normalized spacial score (nSPS) is 15.5. The molecule has 1 saturated carbocycles. The molecule has 1 aromatic carbocycles. The first kappa shape index (κ1) is 14.0. The average Bonchev–Trinajstić information content (AvgIpc) is 2.85. The molecule has 1 aromatic rings. The van der Waals surface area contributed by atoms with Gasteiger partial charge in [0.05, 0.1) is 17.7 Å². The zero-order valence-electron chi connectivity index (χ0n) is 10.9. The van der Waals surface area contributed by atoms with E-state index >= 15 is 0 Å². The highest BCUT2D eigenvalue weighted by Crippen LogP contribution is 2.35. The fourth-order valence-electron chi connectivity index (χ4n) is 2.27. The van der Waals surface area contributed by atoms with Crippen molar-refractivity contribution in [3.05, 3.63) is 22.7 Å². The molecule has 2 rings (SSSR count). The summed E-state index contributed by atoms with van der Waals surface area (Å²) in [4.78, 5) is 11.9. The number of esters is 1. The number of nitrogen functional groups attached to an aromatic ring is 1. The van der Waals surface area contributed by atoms with Crippen molar-refractivity contribution in [3.63, 3.8) is 0 Å². The number of anilines is 1. The quantitative estimate of drug-likeness (QED) is 0.679. The van der Waals surface area contributed by atoms with Gasteiger partial charge in [-0.15, -0.1) is 0 Å². The van der Waals surface area contributed by atoms with Gasteiger partial charge in [0.2, 0.25) is 0 Å². The molecule has 1 aliphatic rings. The maximum absolute atomic E-state index is 11.9. The van der Waals surface area contributed by atoms with Crippen LogP contribution < -0.4 is 10.5 Å². The van der Waals surface area contributed by atoms with Gasteiger partial charge in [-0.25, -0.2) is 4.79 Å². The molecule has 0 heterocycles. The number of benzene rings is 1. The number of carbonyl (C=O) groups is 1. The maximum Gasteiger partial charge on any atom is 0.342 e. The van der Waals surface area contributed by atoms with Gasteiger partial charge in [-0.2, -0.15) is 0 Å². The molecule has 0 saturated heterocycles. The number of rotatable bonds is 4. The third kappa shape index (κ3) is 3.32. The summed E-state index contributed by atoms with van der Waals surface area (Å²) >= 11 is 6.14. The van der Waals surface area contributed by atoms with Crippen LogP contribution in [0.25, 0.3) is 0 Å². The fraction of sp³-hybridized carbons (Fsp3) is 0.500. The number of carbonyl (C=O) groups excluding carboxylic acids is 1. The molecule has 0 radical (unpaired) electrons. The molecule has 0 spiro atoms. The van der Waals surface area contributed by atoms with E-state index in [4.69, 9.17) is 26.8 Å². The molecule has 0 aromatic heterocycles. The molecular formula is C14H18ClNO3. The summed E-state index contributed by atoms with van der Waals surface area (Å²) in [5.74, 6) is -0.0640. The van der Waals surface area contributed by atoms with E-state index in [0.29, 0.717) is 28.6 Å². The summed E-state index contributed by atoms with van der Waals surface area (Å²) in [5.41, 5.74) is 6.45. The predicted molar refractivity (Wildman–Crippen MR) is 74.7 cm³/mol. The van der Waals surface area contributed by atoms with E-state index < -0.39 is 5.97 Å². The second kappa shape index (κ2) is 6.15. The second-order valence-corrected chi connectivity index (χ2v) is 5.03. The second-order valence-electron chi connectivity index (χ2n) is 4.62. The van der Waals surface area contributed by atoms with Crippen molar-refractivity contribution in [1.82, 2.24) is 0 Å². The van der Waals surface area contributed by atoms with E-state index in [1.165, 1.54) is 0 Å². The van der Waals surface area contributed by atoms with Gasteiger partial charge in [0.1, 0.15) is 5.56 Å². The van der Waals surface area contributed by atoms with Crippen LogP contribution in [-0.4, -0.2) is 18.7 Å².